The van der Waals surface area contributed by atoms with Gasteiger partial charge in [0.2, 0.25) is 0 Å². The second-order valence-corrected chi connectivity index (χ2v) is 11.8. The summed E-state index contributed by atoms with van der Waals surface area (Å²) in [6, 6.07) is 2.72. The molecule has 6 nitrogen and oxygen atoms in total. The molecule has 0 amide bonds. The van der Waals surface area contributed by atoms with Crippen LogP contribution in [0.3, 0.4) is 0 Å². The molecule has 1 atom stereocenters. The van der Waals surface area contributed by atoms with Gasteiger partial charge >= 0.3 is 0 Å². The fraction of sp³-hybridized carbons (Fsp3) is 0.609. The van der Waals surface area contributed by atoms with Crippen molar-refractivity contribution in [3.63, 3.8) is 0 Å². The number of halogens is 1. The Hall–Kier alpha value is -1.93. The summed E-state index contributed by atoms with van der Waals surface area (Å²) in [7, 11) is -1.50. The number of ether oxygens (including phenoxy) is 1. The SMILES string of the molecule is C/C(=N\[S@](=O)C(C)(C)C)c1cc(F)cc2c(=O)n(C3CC3)c(C3(C)CCOCC3)nc12. The second kappa shape index (κ2) is 7.89. The normalized spacial score (nSPS) is 20.8. The Bertz CT molecular complexity index is 1140. The molecule has 8 heteroatoms. The summed E-state index contributed by atoms with van der Waals surface area (Å²) in [4.78, 5) is 18.5. The van der Waals surface area contributed by atoms with Gasteiger partial charge in [-0.05, 0) is 65.5 Å². The minimum Gasteiger partial charge on any atom is -0.381 e. The smallest absolute Gasteiger partial charge is 0.261 e. The molecule has 1 aromatic heterocycles. The Labute approximate surface area is 184 Å². The van der Waals surface area contributed by atoms with Gasteiger partial charge in [0.15, 0.2) is 0 Å². The fourth-order valence-corrected chi connectivity index (χ4v) is 4.62. The minimum absolute atomic E-state index is 0.119. The number of rotatable bonds is 4. The van der Waals surface area contributed by atoms with Crippen molar-refractivity contribution in [1.82, 2.24) is 9.55 Å². The topological polar surface area (TPSA) is 73.5 Å². The van der Waals surface area contributed by atoms with Gasteiger partial charge in [-0.2, -0.15) is 4.40 Å². The molecular weight excluding hydrogens is 417 g/mol. The third-order valence-electron chi connectivity index (χ3n) is 6.15. The average molecular weight is 448 g/mol. The first kappa shape index (κ1) is 22.3. The molecule has 1 aliphatic carbocycles. The lowest BCUT2D eigenvalue weighted by Gasteiger charge is -2.35. The maximum Gasteiger partial charge on any atom is 0.261 e. The van der Waals surface area contributed by atoms with Crippen LogP contribution in [-0.2, 0) is 21.1 Å². The first-order chi connectivity index (χ1) is 14.5. The van der Waals surface area contributed by atoms with Gasteiger partial charge in [0.05, 0.1) is 21.4 Å². The van der Waals surface area contributed by atoms with E-state index in [0.29, 0.717) is 30.0 Å². The predicted molar refractivity (Wildman–Crippen MR) is 122 cm³/mol. The molecule has 1 aliphatic heterocycles. The molecule has 0 spiro atoms. The van der Waals surface area contributed by atoms with E-state index < -0.39 is 21.5 Å². The van der Waals surface area contributed by atoms with E-state index in [1.807, 2.05) is 20.8 Å². The maximum absolute atomic E-state index is 14.6. The zero-order valence-corrected chi connectivity index (χ0v) is 19.6. The number of nitrogens with zero attached hydrogens (tertiary/aromatic N) is 3. The van der Waals surface area contributed by atoms with Crippen LogP contribution in [-0.4, -0.2) is 37.4 Å². The Kier molecular flexibility index (Phi) is 5.67. The summed E-state index contributed by atoms with van der Waals surface area (Å²) in [5.41, 5.74) is 0.763. The number of fused-ring (bicyclic) bond motifs is 1. The van der Waals surface area contributed by atoms with Crippen LogP contribution in [0.25, 0.3) is 10.9 Å². The summed E-state index contributed by atoms with van der Waals surface area (Å²) in [6.45, 7) is 10.6. The van der Waals surface area contributed by atoms with Gasteiger partial charge in [-0.25, -0.2) is 13.6 Å². The largest absolute Gasteiger partial charge is 0.381 e. The standard InChI is InChI=1S/C23H30FN3O3S/c1-14(26-31(29)22(2,3)4)17-12-15(24)13-18-19(17)25-21(23(5)8-10-30-11-9-23)27(20(18)28)16-6-7-16/h12-13,16H,6-11H2,1-5H3/b26-14+/t31-/m1/s1. The van der Waals surface area contributed by atoms with Crippen LogP contribution in [0, 0.1) is 5.82 Å². The minimum atomic E-state index is -1.50. The monoisotopic (exact) mass is 447 g/mol. The summed E-state index contributed by atoms with van der Waals surface area (Å²) in [5, 5.41) is 0.248. The Morgan fingerprint density at radius 2 is 1.94 bits per heavy atom. The quantitative estimate of drug-likeness (QED) is 0.658. The van der Waals surface area contributed by atoms with Crippen molar-refractivity contribution in [2.24, 2.45) is 4.40 Å². The molecule has 4 rings (SSSR count). The number of hydrogen-bond donors (Lipinski definition) is 0. The fourth-order valence-electron chi connectivity index (χ4n) is 4.00. The highest BCUT2D eigenvalue weighted by atomic mass is 32.2. The highest BCUT2D eigenvalue weighted by Crippen LogP contribution is 2.40. The average Bonchev–Trinajstić information content (AvgIpc) is 3.52. The van der Waals surface area contributed by atoms with E-state index in [4.69, 9.17) is 9.72 Å². The molecule has 2 fully saturated rings. The van der Waals surface area contributed by atoms with Gasteiger partial charge < -0.3 is 4.74 Å². The third-order valence-corrected chi connectivity index (χ3v) is 7.64. The van der Waals surface area contributed by atoms with Gasteiger partial charge in [-0.1, -0.05) is 6.92 Å². The molecule has 0 N–H and O–H groups in total. The lowest BCUT2D eigenvalue weighted by molar-refractivity contribution is 0.0519. The second-order valence-electron chi connectivity index (χ2n) is 9.90. The summed E-state index contributed by atoms with van der Waals surface area (Å²) in [6.07, 6.45) is 3.41. The number of hydrogen-bond acceptors (Lipinski definition) is 4. The van der Waals surface area contributed by atoms with Crippen molar-refractivity contribution in [2.75, 3.05) is 13.2 Å². The zero-order valence-electron chi connectivity index (χ0n) is 18.8. The van der Waals surface area contributed by atoms with Crippen LogP contribution >= 0.6 is 0 Å². The van der Waals surface area contributed by atoms with Crippen molar-refractivity contribution >= 4 is 27.6 Å². The first-order valence-electron chi connectivity index (χ1n) is 10.8. The van der Waals surface area contributed by atoms with Crippen LogP contribution in [0.1, 0.15) is 77.7 Å². The Morgan fingerprint density at radius 1 is 1.29 bits per heavy atom. The van der Waals surface area contributed by atoms with E-state index in [0.717, 1.165) is 31.5 Å². The molecule has 1 aromatic carbocycles. The molecule has 0 bridgehead atoms. The molecule has 2 aliphatic rings. The van der Waals surface area contributed by atoms with Gasteiger partial charge in [-0.3, -0.25) is 9.36 Å². The van der Waals surface area contributed by atoms with Gasteiger partial charge in [-0.15, -0.1) is 0 Å². The molecule has 168 valence electrons. The van der Waals surface area contributed by atoms with Gasteiger partial charge in [0, 0.05) is 30.2 Å². The van der Waals surface area contributed by atoms with Crippen molar-refractivity contribution in [3.05, 3.63) is 39.7 Å². The van der Waals surface area contributed by atoms with Crippen LogP contribution in [0.5, 0.6) is 0 Å². The van der Waals surface area contributed by atoms with Crippen LogP contribution in [0.2, 0.25) is 0 Å². The first-order valence-corrected chi connectivity index (χ1v) is 11.9. The molecule has 31 heavy (non-hydrogen) atoms. The van der Waals surface area contributed by atoms with Crippen molar-refractivity contribution in [1.29, 1.82) is 0 Å². The zero-order chi connectivity index (χ0) is 22.6. The summed E-state index contributed by atoms with van der Waals surface area (Å²) >= 11 is 0. The van der Waals surface area contributed by atoms with E-state index in [2.05, 4.69) is 11.3 Å². The number of aromatic nitrogens is 2. The molecule has 0 radical (unpaired) electrons. The van der Waals surface area contributed by atoms with E-state index in [1.54, 1.807) is 11.5 Å². The molecule has 1 saturated heterocycles. The van der Waals surface area contributed by atoms with E-state index >= 15 is 0 Å². The summed E-state index contributed by atoms with van der Waals surface area (Å²) < 4.78 is 38.3. The Morgan fingerprint density at radius 3 is 2.52 bits per heavy atom. The predicted octanol–water partition coefficient (Wildman–Crippen LogP) is 4.21. The molecule has 1 saturated carbocycles. The third kappa shape index (κ3) is 4.24. The van der Waals surface area contributed by atoms with Crippen molar-refractivity contribution in [2.45, 2.75) is 76.5 Å². The highest BCUT2D eigenvalue weighted by Gasteiger charge is 2.38. The van der Waals surface area contributed by atoms with Crippen LogP contribution < -0.4 is 5.56 Å². The molecule has 2 aromatic rings. The Balaban J connectivity index is 1.98. The lowest BCUT2D eigenvalue weighted by atomic mass is 9.81. The van der Waals surface area contributed by atoms with E-state index in [-0.39, 0.29) is 22.4 Å². The molecular formula is C23H30FN3O3S. The lowest BCUT2D eigenvalue weighted by Crippen LogP contribution is -2.38. The van der Waals surface area contributed by atoms with Crippen molar-refractivity contribution < 1.29 is 13.3 Å². The van der Waals surface area contributed by atoms with Gasteiger partial charge in [0.1, 0.15) is 22.6 Å². The molecule has 0 unspecified atom stereocenters. The van der Waals surface area contributed by atoms with Crippen LogP contribution in [0.15, 0.2) is 21.3 Å². The van der Waals surface area contributed by atoms with E-state index in [9.17, 15) is 13.4 Å². The van der Waals surface area contributed by atoms with Gasteiger partial charge in [0.25, 0.3) is 5.56 Å². The van der Waals surface area contributed by atoms with E-state index in [1.165, 1.54) is 12.1 Å². The maximum atomic E-state index is 14.6. The summed E-state index contributed by atoms with van der Waals surface area (Å²) in [5.74, 6) is 0.221. The van der Waals surface area contributed by atoms with Crippen LogP contribution in [0.4, 0.5) is 4.39 Å². The molecule has 2 heterocycles. The highest BCUT2D eigenvalue weighted by molar-refractivity contribution is 7.85. The van der Waals surface area contributed by atoms with Crippen molar-refractivity contribution in [3.8, 4) is 0 Å². The number of benzene rings is 1.